The van der Waals surface area contributed by atoms with Crippen LogP contribution in [0.15, 0.2) is 48.5 Å². The first kappa shape index (κ1) is 23.9. The second-order valence-corrected chi connectivity index (χ2v) is 9.28. The average Bonchev–Trinajstić information content (AvgIpc) is 2.73. The Morgan fingerprint density at radius 1 is 1.12 bits per heavy atom. The number of nitrogens with zero attached hydrogens (tertiary/aromatic N) is 2. The van der Waals surface area contributed by atoms with Crippen LogP contribution >= 0.6 is 0 Å². The number of sulfonamides is 1. The summed E-state index contributed by atoms with van der Waals surface area (Å²) in [6.07, 6.45) is -3.80. The predicted octanol–water partition coefficient (Wildman–Crippen LogP) is 3.34. The second-order valence-electron chi connectivity index (χ2n) is 7.42. The molecule has 1 saturated heterocycles. The Balaban J connectivity index is 1.78. The van der Waals surface area contributed by atoms with E-state index in [9.17, 15) is 26.4 Å². The number of morpholine rings is 1. The van der Waals surface area contributed by atoms with E-state index < -0.39 is 33.7 Å². The Kier molecular flexibility index (Phi) is 6.99. The lowest BCUT2D eigenvalue weighted by Gasteiger charge is -2.29. The summed E-state index contributed by atoms with van der Waals surface area (Å²) in [5.74, 6) is -0.674. The zero-order chi connectivity index (χ0) is 23.5. The molecule has 0 bridgehead atoms. The number of benzene rings is 2. The number of hydrogen-bond acceptors (Lipinski definition) is 5. The topological polar surface area (TPSA) is 79.0 Å². The number of amides is 1. The van der Waals surface area contributed by atoms with Gasteiger partial charge in [-0.05, 0) is 49.4 Å². The van der Waals surface area contributed by atoms with Gasteiger partial charge in [-0.2, -0.15) is 13.2 Å². The molecule has 0 radical (unpaired) electrons. The molecule has 7 nitrogen and oxygen atoms in total. The highest BCUT2D eigenvalue weighted by Crippen LogP contribution is 2.33. The molecule has 1 atom stereocenters. The molecule has 0 aromatic heterocycles. The van der Waals surface area contributed by atoms with E-state index in [1.165, 1.54) is 13.0 Å². The van der Waals surface area contributed by atoms with Crippen LogP contribution in [-0.2, 0) is 25.7 Å². The fourth-order valence-electron chi connectivity index (χ4n) is 3.45. The van der Waals surface area contributed by atoms with Crippen LogP contribution in [-0.4, -0.2) is 52.9 Å². The van der Waals surface area contributed by atoms with Gasteiger partial charge in [-0.15, -0.1) is 0 Å². The first-order chi connectivity index (χ1) is 15.0. The molecule has 1 amide bonds. The standard InChI is InChI=1S/C21H24F3N3O4S/c1-15(27(32(2,29)30)19-5-3-4-16(14-19)21(22,23)24)20(28)25-17-6-8-18(9-7-17)26-10-12-31-13-11-26/h3-9,14-15H,10-13H2,1-2H3,(H,25,28). The molecule has 2 aromatic carbocycles. The van der Waals surface area contributed by atoms with Gasteiger partial charge in [-0.25, -0.2) is 8.42 Å². The van der Waals surface area contributed by atoms with Gasteiger partial charge in [0, 0.05) is 24.5 Å². The van der Waals surface area contributed by atoms with Gasteiger partial charge in [0.05, 0.1) is 30.7 Å². The molecule has 1 aliphatic rings. The molecule has 0 aliphatic carbocycles. The summed E-state index contributed by atoms with van der Waals surface area (Å²) in [6, 6.07) is 9.61. The molecule has 3 rings (SSSR count). The molecular weight excluding hydrogens is 447 g/mol. The maximum absolute atomic E-state index is 13.1. The van der Waals surface area contributed by atoms with Crippen molar-refractivity contribution >= 4 is 33.0 Å². The Morgan fingerprint density at radius 2 is 1.75 bits per heavy atom. The quantitative estimate of drug-likeness (QED) is 0.699. The molecule has 2 aromatic rings. The third kappa shape index (κ3) is 5.71. The van der Waals surface area contributed by atoms with Crippen molar-refractivity contribution in [3.05, 3.63) is 54.1 Å². The maximum Gasteiger partial charge on any atom is 0.416 e. The lowest BCUT2D eigenvalue weighted by atomic mass is 10.1. The van der Waals surface area contributed by atoms with E-state index in [2.05, 4.69) is 10.2 Å². The van der Waals surface area contributed by atoms with Crippen molar-refractivity contribution in [3.63, 3.8) is 0 Å². The zero-order valence-corrected chi connectivity index (χ0v) is 18.4. The van der Waals surface area contributed by atoms with Crippen LogP contribution in [0.1, 0.15) is 12.5 Å². The highest BCUT2D eigenvalue weighted by molar-refractivity contribution is 7.92. The third-order valence-electron chi connectivity index (χ3n) is 5.03. The van der Waals surface area contributed by atoms with E-state index in [4.69, 9.17) is 4.74 Å². The van der Waals surface area contributed by atoms with Crippen LogP contribution in [0.3, 0.4) is 0 Å². The van der Waals surface area contributed by atoms with Crippen LogP contribution in [0.5, 0.6) is 0 Å². The van der Waals surface area contributed by atoms with Crippen molar-refractivity contribution < 1.29 is 31.1 Å². The van der Waals surface area contributed by atoms with Gasteiger partial charge in [-0.3, -0.25) is 9.10 Å². The lowest BCUT2D eigenvalue weighted by Crippen LogP contribution is -2.45. The van der Waals surface area contributed by atoms with Crippen molar-refractivity contribution in [3.8, 4) is 0 Å². The van der Waals surface area contributed by atoms with Crippen molar-refractivity contribution in [1.82, 2.24) is 0 Å². The highest BCUT2D eigenvalue weighted by Gasteiger charge is 2.34. The normalized spacial score (nSPS) is 15.8. The number of halogens is 3. The molecular formula is C21H24F3N3O4S. The number of hydrogen-bond donors (Lipinski definition) is 1. The van der Waals surface area contributed by atoms with E-state index in [1.54, 1.807) is 12.1 Å². The number of rotatable bonds is 6. The van der Waals surface area contributed by atoms with Gasteiger partial charge >= 0.3 is 6.18 Å². The van der Waals surface area contributed by atoms with Crippen LogP contribution in [0, 0.1) is 0 Å². The van der Waals surface area contributed by atoms with Crippen molar-refractivity contribution in [1.29, 1.82) is 0 Å². The fourth-order valence-corrected chi connectivity index (χ4v) is 4.62. The molecule has 1 heterocycles. The molecule has 1 fully saturated rings. The number of anilines is 3. The SMILES string of the molecule is CC(C(=O)Nc1ccc(N2CCOCC2)cc1)N(c1cccc(C(F)(F)F)c1)S(C)(=O)=O. The maximum atomic E-state index is 13.1. The Hall–Kier alpha value is -2.79. The minimum absolute atomic E-state index is 0.243. The largest absolute Gasteiger partial charge is 0.416 e. The monoisotopic (exact) mass is 471 g/mol. The van der Waals surface area contributed by atoms with Crippen LogP contribution in [0.25, 0.3) is 0 Å². The number of ether oxygens (including phenoxy) is 1. The molecule has 32 heavy (non-hydrogen) atoms. The first-order valence-electron chi connectivity index (χ1n) is 9.87. The summed E-state index contributed by atoms with van der Waals surface area (Å²) in [5.41, 5.74) is 0.153. The molecule has 11 heteroatoms. The molecule has 1 N–H and O–H groups in total. The van der Waals surface area contributed by atoms with E-state index in [1.807, 2.05) is 12.1 Å². The predicted molar refractivity (Wildman–Crippen MR) is 116 cm³/mol. The first-order valence-corrected chi connectivity index (χ1v) is 11.7. The van der Waals surface area contributed by atoms with Gasteiger partial charge in [0.1, 0.15) is 6.04 Å². The molecule has 1 aliphatic heterocycles. The van der Waals surface area contributed by atoms with Gasteiger partial charge in [-0.1, -0.05) is 6.07 Å². The zero-order valence-electron chi connectivity index (χ0n) is 17.6. The smallest absolute Gasteiger partial charge is 0.378 e. The summed E-state index contributed by atoms with van der Waals surface area (Å²) in [6.45, 7) is 4.09. The molecule has 1 unspecified atom stereocenters. The molecule has 0 saturated carbocycles. The molecule has 0 spiro atoms. The van der Waals surface area contributed by atoms with E-state index in [-0.39, 0.29) is 5.69 Å². The van der Waals surface area contributed by atoms with Gasteiger partial charge < -0.3 is 15.0 Å². The minimum Gasteiger partial charge on any atom is -0.378 e. The van der Waals surface area contributed by atoms with E-state index in [0.717, 1.165) is 37.2 Å². The number of carbonyl (C=O) groups excluding carboxylic acids is 1. The number of alkyl halides is 3. The lowest BCUT2D eigenvalue weighted by molar-refractivity contribution is -0.137. The van der Waals surface area contributed by atoms with Crippen molar-refractivity contribution in [2.45, 2.75) is 19.1 Å². The average molecular weight is 472 g/mol. The van der Waals surface area contributed by atoms with Gasteiger partial charge in [0.2, 0.25) is 15.9 Å². The second kappa shape index (κ2) is 9.37. The summed E-state index contributed by atoms with van der Waals surface area (Å²) < 4.78 is 70.0. The summed E-state index contributed by atoms with van der Waals surface area (Å²) in [7, 11) is -4.05. The fraction of sp³-hybridized carbons (Fsp3) is 0.381. The number of carbonyl (C=O) groups is 1. The minimum atomic E-state index is -4.65. The molecule has 174 valence electrons. The van der Waals surface area contributed by atoms with Crippen LogP contribution in [0.4, 0.5) is 30.2 Å². The third-order valence-corrected chi connectivity index (χ3v) is 6.27. The Bertz CT molecular complexity index is 1050. The summed E-state index contributed by atoms with van der Waals surface area (Å²) in [5, 5.41) is 2.63. The van der Waals surface area contributed by atoms with E-state index >= 15 is 0 Å². The summed E-state index contributed by atoms with van der Waals surface area (Å²) >= 11 is 0. The van der Waals surface area contributed by atoms with Gasteiger partial charge in [0.15, 0.2) is 0 Å². The Labute approximate surface area is 184 Å². The van der Waals surface area contributed by atoms with Crippen molar-refractivity contribution in [2.75, 3.05) is 47.1 Å². The Morgan fingerprint density at radius 3 is 2.31 bits per heavy atom. The van der Waals surface area contributed by atoms with Gasteiger partial charge in [0.25, 0.3) is 0 Å². The van der Waals surface area contributed by atoms with E-state index in [0.29, 0.717) is 29.3 Å². The van der Waals surface area contributed by atoms with Crippen LogP contribution in [0.2, 0.25) is 0 Å². The van der Waals surface area contributed by atoms with Crippen molar-refractivity contribution in [2.24, 2.45) is 0 Å². The summed E-state index contributed by atoms with van der Waals surface area (Å²) in [4.78, 5) is 14.9. The van der Waals surface area contributed by atoms with Crippen LogP contribution < -0.4 is 14.5 Å². The number of nitrogens with one attached hydrogen (secondary N) is 1. The highest BCUT2D eigenvalue weighted by atomic mass is 32.2.